The number of thiocarbonyl (C=S) groups is 1. The molecule has 0 radical (unpaired) electrons. The fraction of sp³-hybridized carbons (Fsp3) is 0.529. The van der Waals surface area contributed by atoms with Gasteiger partial charge in [0.2, 0.25) is 0 Å². The van der Waals surface area contributed by atoms with Gasteiger partial charge in [0.25, 0.3) is 5.17 Å². The van der Waals surface area contributed by atoms with Crippen LogP contribution in [-0.4, -0.2) is 63.4 Å². The number of nitrogens with zero attached hydrogens (tertiary/aromatic N) is 2. The maximum Gasteiger partial charge on any atom is 0.414 e. The van der Waals surface area contributed by atoms with Crippen LogP contribution in [0.1, 0.15) is 6.92 Å². The first-order chi connectivity index (χ1) is 12.6. The number of hydrogen-bond acceptors (Lipinski definition) is 6. The normalized spacial score (nSPS) is 20.1. The first kappa shape index (κ1) is 18.7. The summed E-state index contributed by atoms with van der Waals surface area (Å²) in [5, 5.41) is 3.16. The zero-order chi connectivity index (χ0) is 18.5. The van der Waals surface area contributed by atoms with Gasteiger partial charge in [0, 0.05) is 13.1 Å². The molecule has 9 heteroatoms. The number of carbonyl (C=O) groups excluding carboxylic acids is 1. The van der Waals surface area contributed by atoms with E-state index < -0.39 is 6.09 Å². The van der Waals surface area contributed by atoms with Gasteiger partial charge in [0.15, 0.2) is 0 Å². The van der Waals surface area contributed by atoms with Crippen molar-refractivity contribution in [3.8, 4) is 0 Å². The van der Waals surface area contributed by atoms with Crippen molar-refractivity contribution >= 4 is 34.9 Å². The molecular weight excluding hydrogens is 361 g/mol. The molecule has 0 spiro atoms. The molecule has 0 unspecified atom stereocenters. The number of benzene rings is 1. The summed E-state index contributed by atoms with van der Waals surface area (Å²) < 4.78 is 30.3. The molecule has 142 valence electrons. The van der Waals surface area contributed by atoms with Crippen molar-refractivity contribution in [1.29, 1.82) is 0 Å². The lowest BCUT2D eigenvalue weighted by Crippen LogP contribution is -2.37. The SMILES string of the molecule is CCOC(=S)NC[C@H]1CN(c2ccc(N3CCOCC3)c(F)c2)C(=O)O1. The Labute approximate surface area is 157 Å². The van der Waals surface area contributed by atoms with Gasteiger partial charge in [-0.3, -0.25) is 4.90 Å². The van der Waals surface area contributed by atoms with Gasteiger partial charge in [-0.25, -0.2) is 9.18 Å². The third kappa shape index (κ3) is 4.34. The molecule has 0 bridgehead atoms. The summed E-state index contributed by atoms with van der Waals surface area (Å²) in [5.74, 6) is -0.365. The smallest absolute Gasteiger partial charge is 0.414 e. The summed E-state index contributed by atoms with van der Waals surface area (Å²) in [4.78, 5) is 15.5. The predicted molar refractivity (Wildman–Crippen MR) is 99.3 cm³/mol. The van der Waals surface area contributed by atoms with Gasteiger partial charge in [0.05, 0.1) is 44.3 Å². The Balaban J connectivity index is 1.62. The Morgan fingerprint density at radius 3 is 2.88 bits per heavy atom. The third-order valence-corrected chi connectivity index (χ3v) is 4.48. The van der Waals surface area contributed by atoms with Gasteiger partial charge in [-0.05, 0) is 37.3 Å². The van der Waals surface area contributed by atoms with E-state index in [4.69, 9.17) is 26.4 Å². The van der Waals surface area contributed by atoms with Crippen molar-refractivity contribution in [3.05, 3.63) is 24.0 Å². The molecule has 0 aliphatic carbocycles. The van der Waals surface area contributed by atoms with Gasteiger partial charge in [-0.2, -0.15) is 0 Å². The number of carbonyl (C=O) groups is 1. The van der Waals surface area contributed by atoms with Crippen LogP contribution in [0.5, 0.6) is 0 Å². The first-order valence-electron chi connectivity index (χ1n) is 8.59. The molecule has 0 saturated carbocycles. The lowest BCUT2D eigenvalue weighted by Gasteiger charge is -2.29. The predicted octanol–water partition coefficient (Wildman–Crippen LogP) is 1.90. The molecule has 1 amide bonds. The second kappa shape index (κ2) is 8.50. The van der Waals surface area contributed by atoms with Gasteiger partial charge >= 0.3 is 6.09 Å². The van der Waals surface area contributed by atoms with E-state index in [-0.39, 0.29) is 17.1 Å². The van der Waals surface area contributed by atoms with Crippen molar-refractivity contribution in [1.82, 2.24) is 5.32 Å². The Hall–Kier alpha value is -2.13. The van der Waals surface area contributed by atoms with E-state index in [0.717, 1.165) is 0 Å². The van der Waals surface area contributed by atoms with Crippen LogP contribution in [0.25, 0.3) is 0 Å². The fourth-order valence-corrected chi connectivity index (χ4v) is 3.14. The molecule has 2 fully saturated rings. The molecule has 1 N–H and O–H groups in total. The lowest BCUT2D eigenvalue weighted by atomic mass is 10.2. The minimum atomic E-state index is -0.502. The zero-order valence-corrected chi connectivity index (χ0v) is 15.4. The van der Waals surface area contributed by atoms with Crippen LogP contribution in [0.15, 0.2) is 18.2 Å². The van der Waals surface area contributed by atoms with Gasteiger partial charge in [-0.1, -0.05) is 0 Å². The molecule has 2 aliphatic rings. The molecule has 1 aromatic rings. The summed E-state index contributed by atoms with van der Waals surface area (Å²) in [6.07, 6.45) is -0.888. The summed E-state index contributed by atoms with van der Waals surface area (Å²) in [6.45, 7) is 5.42. The summed E-state index contributed by atoms with van der Waals surface area (Å²) >= 11 is 4.98. The van der Waals surface area contributed by atoms with Crippen molar-refractivity contribution in [3.63, 3.8) is 0 Å². The molecule has 0 aromatic heterocycles. The average Bonchev–Trinajstić information content (AvgIpc) is 3.02. The second-order valence-electron chi connectivity index (χ2n) is 5.95. The fourth-order valence-electron chi connectivity index (χ4n) is 2.94. The van der Waals surface area contributed by atoms with Crippen molar-refractivity contribution in [2.45, 2.75) is 13.0 Å². The first-order valence-corrected chi connectivity index (χ1v) is 9.00. The monoisotopic (exact) mass is 383 g/mol. The minimum Gasteiger partial charge on any atom is -0.471 e. The van der Waals surface area contributed by atoms with Crippen molar-refractivity contribution in [2.24, 2.45) is 0 Å². The molecule has 2 saturated heterocycles. The summed E-state index contributed by atoms with van der Waals surface area (Å²) in [6, 6.07) is 4.79. The van der Waals surface area contributed by atoms with Gasteiger partial charge < -0.3 is 24.4 Å². The maximum absolute atomic E-state index is 14.5. The Bertz CT molecular complexity index is 669. The molecule has 1 atom stereocenters. The van der Waals surface area contributed by atoms with Crippen LogP contribution >= 0.6 is 12.2 Å². The molecule has 1 aromatic carbocycles. The summed E-state index contributed by atoms with van der Waals surface area (Å²) in [7, 11) is 0. The number of ether oxygens (including phenoxy) is 3. The zero-order valence-electron chi connectivity index (χ0n) is 14.6. The number of amides is 1. The highest BCUT2D eigenvalue weighted by Gasteiger charge is 2.33. The van der Waals surface area contributed by atoms with E-state index in [1.807, 2.05) is 11.8 Å². The van der Waals surface area contributed by atoms with E-state index in [1.54, 1.807) is 12.1 Å². The number of halogens is 1. The average molecular weight is 383 g/mol. The van der Waals surface area contributed by atoms with E-state index in [0.29, 0.717) is 57.4 Å². The number of morpholine rings is 1. The van der Waals surface area contributed by atoms with Crippen LogP contribution in [-0.2, 0) is 14.2 Å². The molecule has 7 nitrogen and oxygen atoms in total. The minimum absolute atomic E-state index is 0.267. The van der Waals surface area contributed by atoms with Crippen molar-refractivity contribution < 1.29 is 23.4 Å². The molecule has 26 heavy (non-hydrogen) atoms. The Morgan fingerprint density at radius 1 is 1.42 bits per heavy atom. The van der Waals surface area contributed by atoms with Crippen LogP contribution < -0.4 is 15.1 Å². The Morgan fingerprint density at radius 2 is 2.19 bits per heavy atom. The van der Waals surface area contributed by atoms with Gasteiger partial charge in [0.1, 0.15) is 11.9 Å². The third-order valence-electron chi connectivity index (χ3n) is 4.22. The van der Waals surface area contributed by atoms with Crippen molar-refractivity contribution in [2.75, 3.05) is 55.8 Å². The van der Waals surface area contributed by atoms with E-state index >= 15 is 0 Å². The number of cyclic esters (lactones) is 1. The largest absolute Gasteiger partial charge is 0.471 e. The quantitative estimate of drug-likeness (QED) is 0.779. The standard InChI is InChI=1S/C17H22FN3O4S/c1-2-24-16(26)19-10-13-11-21(17(22)25-13)12-3-4-15(14(18)9-12)20-5-7-23-8-6-20/h3-4,9,13H,2,5-8,10-11H2,1H3,(H,19,26)/t13-/m0/s1. The van der Waals surface area contributed by atoms with Crippen LogP contribution in [0, 0.1) is 5.82 Å². The van der Waals surface area contributed by atoms with Crippen LogP contribution in [0.4, 0.5) is 20.6 Å². The topological polar surface area (TPSA) is 63.3 Å². The summed E-state index contributed by atoms with van der Waals surface area (Å²) in [5.41, 5.74) is 0.990. The van der Waals surface area contributed by atoms with E-state index in [1.165, 1.54) is 11.0 Å². The number of hydrogen-bond donors (Lipinski definition) is 1. The highest BCUT2D eigenvalue weighted by molar-refractivity contribution is 7.80. The highest BCUT2D eigenvalue weighted by atomic mass is 32.1. The van der Waals surface area contributed by atoms with Crippen LogP contribution in [0.2, 0.25) is 0 Å². The molecule has 2 heterocycles. The maximum atomic E-state index is 14.5. The molecular formula is C17H22FN3O4S. The lowest BCUT2D eigenvalue weighted by molar-refractivity contribution is 0.122. The number of rotatable bonds is 5. The van der Waals surface area contributed by atoms with E-state index in [2.05, 4.69) is 5.32 Å². The Kier molecular flexibility index (Phi) is 6.10. The second-order valence-corrected chi connectivity index (χ2v) is 6.32. The number of nitrogens with one attached hydrogen (secondary N) is 1. The van der Waals surface area contributed by atoms with Crippen LogP contribution in [0.3, 0.4) is 0 Å². The highest BCUT2D eigenvalue weighted by Crippen LogP contribution is 2.28. The van der Waals surface area contributed by atoms with E-state index in [9.17, 15) is 9.18 Å². The van der Waals surface area contributed by atoms with Gasteiger partial charge in [-0.15, -0.1) is 0 Å². The number of anilines is 2. The molecule has 2 aliphatic heterocycles. The molecule has 3 rings (SSSR count).